The first kappa shape index (κ1) is 45.9. The maximum absolute atomic E-state index is 14.1. The molecule has 14 rings (SSSR count). The van der Waals surface area contributed by atoms with Gasteiger partial charge in [-0.05, 0) is 126 Å². The molecule has 0 spiro atoms. The summed E-state index contributed by atoms with van der Waals surface area (Å²) >= 11 is 0. The summed E-state index contributed by atoms with van der Waals surface area (Å²) in [7, 11) is 0. The fraction of sp³-hybridized carbons (Fsp3) is 0.226. The maximum atomic E-state index is 14.1. The lowest BCUT2D eigenvalue weighted by atomic mass is 9.82. The normalized spacial score (nSPS) is 15.6. The number of amides is 8. The predicted molar refractivity (Wildman–Crippen MR) is 288 cm³/mol. The number of imide groups is 4. The molecule has 0 aliphatic carbocycles. The van der Waals surface area contributed by atoms with E-state index in [1.165, 1.54) is 19.6 Å². The van der Waals surface area contributed by atoms with Crippen LogP contribution in [-0.4, -0.2) is 119 Å². The van der Waals surface area contributed by atoms with Crippen LogP contribution < -0.4 is 0 Å². The molecule has 374 valence electrons. The third-order valence-electron chi connectivity index (χ3n) is 16.4. The quantitative estimate of drug-likeness (QED) is 0.0417. The molecule has 0 N–H and O–H groups in total. The fourth-order valence-electron chi connectivity index (χ4n) is 12.8. The van der Waals surface area contributed by atoms with Crippen molar-refractivity contribution in [2.45, 2.75) is 39.5 Å². The van der Waals surface area contributed by atoms with Crippen LogP contribution >= 0.6 is 0 Å². The monoisotopic (exact) mass is 1010 g/mol. The zero-order valence-corrected chi connectivity index (χ0v) is 41.6. The average molecular weight is 1010 g/mol. The Morgan fingerprint density at radius 3 is 0.658 bits per heavy atom. The lowest BCUT2D eigenvalue weighted by Gasteiger charge is -2.30. The Labute approximate surface area is 432 Å². The molecule has 0 aromatic heterocycles. The molecule has 4 heterocycles. The van der Waals surface area contributed by atoms with E-state index in [9.17, 15) is 38.4 Å². The smallest absolute Gasteiger partial charge is 0.261 e. The van der Waals surface area contributed by atoms with Crippen LogP contribution in [0.5, 0.6) is 0 Å². The Morgan fingerprint density at radius 1 is 0.263 bits per heavy atom. The largest absolute Gasteiger partial charge is 0.377 e. The number of carbonyl (C=O) groups is 8. The van der Waals surface area contributed by atoms with Gasteiger partial charge in [0, 0.05) is 79.1 Å². The first-order chi connectivity index (χ1) is 37.0. The summed E-state index contributed by atoms with van der Waals surface area (Å²) in [5.74, 6) is -2.96. The number of benzene rings is 10. The van der Waals surface area contributed by atoms with E-state index in [0.29, 0.717) is 92.0 Å². The van der Waals surface area contributed by atoms with Crippen molar-refractivity contribution in [3.05, 3.63) is 142 Å². The van der Waals surface area contributed by atoms with Crippen LogP contribution in [-0.2, 0) is 9.47 Å². The number of hydrogen-bond donors (Lipinski definition) is 0. The Hall–Kier alpha value is -8.72. The zero-order valence-electron chi connectivity index (χ0n) is 41.6. The van der Waals surface area contributed by atoms with Crippen molar-refractivity contribution >= 4 is 133 Å². The van der Waals surface area contributed by atoms with Crippen molar-refractivity contribution in [3.63, 3.8) is 0 Å². The van der Waals surface area contributed by atoms with Gasteiger partial charge < -0.3 is 9.47 Å². The zero-order chi connectivity index (χ0) is 52.0. The Morgan fingerprint density at radius 2 is 0.461 bits per heavy atom. The van der Waals surface area contributed by atoms with Crippen LogP contribution in [0.25, 0.3) is 86.2 Å². The van der Waals surface area contributed by atoms with E-state index in [0.717, 1.165) is 77.5 Å². The molecule has 0 radical (unpaired) electrons. The highest BCUT2D eigenvalue weighted by atomic mass is 16.5. The molecule has 10 aromatic rings. The van der Waals surface area contributed by atoms with Gasteiger partial charge in [-0.15, -0.1) is 0 Å². The minimum atomic E-state index is -0.437. The van der Waals surface area contributed by atoms with Crippen LogP contribution in [0.2, 0.25) is 0 Å². The number of carbonyl (C=O) groups excluding carboxylic acids is 8. The summed E-state index contributed by atoms with van der Waals surface area (Å²) in [6.45, 7) is 5.10. The predicted octanol–water partition coefficient (Wildman–Crippen LogP) is 10.5. The third kappa shape index (κ3) is 6.10. The van der Waals surface area contributed by atoms with Crippen LogP contribution in [0.4, 0.5) is 0 Å². The number of rotatable bonds is 15. The van der Waals surface area contributed by atoms with E-state index in [-0.39, 0.29) is 63.1 Å². The topological polar surface area (TPSA) is 168 Å². The minimum absolute atomic E-state index is 0.00167. The van der Waals surface area contributed by atoms with E-state index in [2.05, 4.69) is 0 Å². The van der Waals surface area contributed by atoms with Gasteiger partial charge in [-0.1, -0.05) is 75.2 Å². The summed E-state index contributed by atoms with van der Waals surface area (Å²) < 4.78 is 11.7. The molecule has 8 amide bonds. The molecule has 14 nitrogen and oxygen atoms in total. The SMILES string of the molecule is CCCCN1C(=O)c2ccc3c4ccc5c6c(ccc(c7ccc(c2c37)C1=O)c64)C(=O)N(CCOCCOCCN1C(=O)c2ccc3c4ccc6c7c(ccc(c8ccc(c2c38)C1=O)c74)C(=O)N(CCCC)C6=O)C5=O. The highest BCUT2D eigenvalue weighted by molar-refractivity contribution is 6.43. The van der Waals surface area contributed by atoms with Crippen LogP contribution in [0.1, 0.15) is 122 Å². The molecule has 4 aliphatic rings. The second-order valence-corrected chi connectivity index (χ2v) is 20.3. The van der Waals surface area contributed by atoms with Gasteiger partial charge in [0.05, 0.1) is 39.5 Å². The van der Waals surface area contributed by atoms with Crippen molar-refractivity contribution in [1.29, 1.82) is 0 Å². The van der Waals surface area contributed by atoms with E-state index in [1.54, 1.807) is 48.5 Å². The lowest BCUT2D eigenvalue weighted by molar-refractivity contribution is 0.0264. The summed E-state index contributed by atoms with van der Waals surface area (Å²) in [6.07, 6.45) is 3.13. The fourth-order valence-corrected chi connectivity index (χ4v) is 12.8. The van der Waals surface area contributed by atoms with Crippen LogP contribution in [0.15, 0.2) is 97.1 Å². The first-order valence-electron chi connectivity index (χ1n) is 26.0. The Balaban J connectivity index is 0.645. The van der Waals surface area contributed by atoms with E-state index < -0.39 is 23.6 Å². The van der Waals surface area contributed by atoms with Gasteiger partial charge in [-0.25, -0.2) is 0 Å². The second-order valence-electron chi connectivity index (χ2n) is 20.3. The molecule has 0 bridgehead atoms. The Kier molecular flexibility index (Phi) is 10.2. The van der Waals surface area contributed by atoms with Crippen molar-refractivity contribution < 1.29 is 47.8 Å². The molecule has 0 saturated carbocycles. The molecule has 76 heavy (non-hydrogen) atoms. The third-order valence-corrected chi connectivity index (χ3v) is 16.4. The van der Waals surface area contributed by atoms with Gasteiger partial charge in [0.1, 0.15) is 0 Å². The van der Waals surface area contributed by atoms with Gasteiger partial charge in [-0.2, -0.15) is 0 Å². The molecular formula is C62H46N4O10. The summed E-state index contributed by atoms with van der Waals surface area (Å²) in [5, 5.41) is 12.2. The number of hydrogen-bond acceptors (Lipinski definition) is 10. The molecule has 0 fully saturated rings. The molecule has 0 unspecified atom stereocenters. The van der Waals surface area contributed by atoms with Crippen molar-refractivity contribution in [2.75, 3.05) is 52.6 Å². The van der Waals surface area contributed by atoms with Gasteiger partial charge in [0.2, 0.25) is 0 Å². The molecule has 14 heteroatoms. The molecule has 4 aliphatic heterocycles. The van der Waals surface area contributed by atoms with Crippen molar-refractivity contribution in [3.8, 4) is 0 Å². The number of nitrogens with zero attached hydrogens (tertiary/aromatic N) is 4. The molecular weight excluding hydrogens is 961 g/mol. The molecule has 10 aromatic carbocycles. The summed E-state index contributed by atoms with van der Waals surface area (Å²) in [6, 6.07) is 29.3. The van der Waals surface area contributed by atoms with E-state index in [1.807, 2.05) is 62.4 Å². The number of ether oxygens (including phenoxy) is 2. The highest BCUT2D eigenvalue weighted by Gasteiger charge is 2.39. The summed E-state index contributed by atoms with van der Waals surface area (Å²) in [5.41, 5.74) is 3.53. The molecule has 0 saturated heterocycles. The highest BCUT2D eigenvalue weighted by Crippen LogP contribution is 2.48. The van der Waals surface area contributed by atoms with Gasteiger partial charge in [0.15, 0.2) is 0 Å². The molecule has 0 atom stereocenters. The maximum Gasteiger partial charge on any atom is 0.261 e. The average Bonchev–Trinajstić information content (AvgIpc) is 3.64. The number of unbranched alkanes of at least 4 members (excludes halogenated alkanes) is 2. The van der Waals surface area contributed by atoms with E-state index in [4.69, 9.17) is 9.47 Å². The van der Waals surface area contributed by atoms with Gasteiger partial charge in [0.25, 0.3) is 47.3 Å². The van der Waals surface area contributed by atoms with Crippen LogP contribution in [0, 0.1) is 0 Å². The second kappa shape index (κ2) is 16.9. The van der Waals surface area contributed by atoms with Gasteiger partial charge in [-0.3, -0.25) is 58.0 Å². The number of fused-ring (bicyclic) bond motifs is 4. The van der Waals surface area contributed by atoms with Crippen molar-refractivity contribution in [1.82, 2.24) is 19.6 Å². The van der Waals surface area contributed by atoms with Crippen molar-refractivity contribution in [2.24, 2.45) is 0 Å². The van der Waals surface area contributed by atoms with Gasteiger partial charge >= 0.3 is 0 Å². The first-order valence-corrected chi connectivity index (χ1v) is 26.0. The lowest BCUT2D eigenvalue weighted by Crippen LogP contribution is -2.42. The van der Waals surface area contributed by atoms with Crippen LogP contribution in [0.3, 0.4) is 0 Å². The standard InChI is InChI=1S/C62H46N4O10/c1-3-5-23-63-55(67)39-15-7-31-35-11-19-43-53-44(20-12-36(49(35)53)32-8-16-40(56(63)68)51(39)47(31)32)60(72)65(59(43)71)25-27-75-29-30-76-28-26-66-61(73)45-21-13-37-33-9-17-41-52-42(58(70)64(57(41)69)24-6-4-2)18-10-34(48(33)52)38-14-22-46(62(66)74)54(45)50(37)38/h7-22H,3-6,23-30H2,1-2H3. The van der Waals surface area contributed by atoms with E-state index >= 15 is 0 Å². The summed E-state index contributed by atoms with van der Waals surface area (Å²) in [4.78, 5) is 116. The minimum Gasteiger partial charge on any atom is -0.377 e. The Bertz CT molecular complexity index is 3850.